The van der Waals surface area contributed by atoms with Crippen molar-refractivity contribution in [2.45, 2.75) is 31.4 Å². The number of nitrogens with two attached hydrogens (primary N) is 1. The number of nitrogens with zero attached hydrogens (tertiary/aromatic N) is 5. The Morgan fingerprint density at radius 3 is 2.47 bits per heavy atom. The number of pyridine rings is 1. The van der Waals surface area contributed by atoms with Crippen LogP contribution in [0.2, 0.25) is 0 Å². The summed E-state index contributed by atoms with van der Waals surface area (Å²) in [6, 6.07) is 3.85. The molecule has 0 unspecified atom stereocenters. The molecular weight excluding hydrogens is 506 g/mol. The molecule has 3 N–H and O–H groups in total. The molecule has 4 heterocycles. The van der Waals surface area contributed by atoms with Gasteiger partial charge in [0.05, 0.1) is 11.3 Å². The third kappa shape index (κ3) is 4.32. The molecule has 3 aliphatic carbocycles. The minimum Gasteiger partial charge on any atom is -0.365 e. The Labute approximate surface area is 214 Å². The van der Waals surface area contributed by atoms with Crippen molar-refractivity contribution in [2.24, 2.45) is 23.5 Å². The van der Waals surface area contributed by atoms with Crippen molar-refractivity contribution in [3.8, 4) is 0 Å². The number of nitrogens with one attached hydrogen (secondary N) is 1. The number of aromatic amines is 1. The number of hydrogen-bond donors (Lipinski definition) is 2. The summed E-state index contributed by atoms with van der Waals surface area (Å²) in [5.74, 6) is 0.274. The fourth-order valence-electron chi connectivity index (χ4n) is 6.44. The summed E-state index contributed by atoms with van der Waals surface area (Å²) in [6.45, 7) is 3.55. The summed E-state index contributed by atoms with van der Waals surface area (Å²) in [4.78, 5) is 34.4. The molecule has 2 bridgehead atoms. The average Bonchev–Trinajstić information content (AvgIpc) is 3.29. The topological polar surface area (TPSA) is 113 Å². The van der Waals surface area contributed by atoms with Crippen molar-refractivity contribution in [3.05, 3.63) is 57.8 Å². The van der Waals surface area contributed by atoms with E-state index in [0.29, 0.717) is 42.4 Å². The lowest BCUT2D eigenvalue weighted by Crippen LogP contribution is -2.51. The van der Waals surface area contributed by atoms with Gasteiger partial charge in [0.2, 0.25) is 5.95 Å². The third-order valence-electron chi connectivity index (χ3n) is 8.49. The molecule has 202 valence electrons. The molecular formula is C25H27F4N7O2. The minimum atomic E-state index is -4.62. The van der Waals surface area contributed by atoms with Gasteiger partial charge in [-0.25, -0.2) is 9.50 Å². The molecule has 0 spiro atoms. The Morgan fingerprint density at radius 1 is 1.08 bits per heavy atom. The second-order valence-corrected chi connectivity index (χ2v) is 10.6. The number of H-pyrrole nitrogens is 1. The lowest BCUT2D eigenvalue weighted by atomic mass is 9.55. The Kier molecular flexibility index (Phi) is 5.93. The number of primary amides is 1. The molecule has 9 nitrogen and oxygen atoms in total. The highest BCUT2D eigenvalue weighted by molar-refractivity contribution is 5.90. The Hall–Kier alpha value is -3.48. The normalized spacial score (nSPS) is 25.9. The molecule has 2 atom stereocenters. The maximum atomic E-state index is 14.4. The number of amides is 1. The molecule has 3 aromatic rings. The van der Waals surface area contributed by atoms with Crippen molar-refractivity contribution in [1.82, 2.24) is 24.5 Å². The number of halogens is 4. The molecule has 4 aliphatic rings. The van der Waals surface area contributed by atoms with Gasteiger partial charge in [0.15, 0.2) is 0 Å². The highest BCUT2D eigenvalue weighted by atomic mass is 19.4. The molecule has 1 aliphatic heterocycles. The number of carbonyl (C=O) groups is 1. The molecule has 38 heavy (non-hydrogen) atoms. The van der Waals surface area contributed by atoms with Crippen LogP contribution in [-0.4, -0.2) is 63.1 Å². The molecule has 3 aromatic heterocycles. The quantitative estimate of drug-likeness (QED) is 0.385. The van der Waals surface area contributed by atoms with E-state index in [0.717, 1.165) is 49.5 Å². The van der Waals surface area contributed by atoms with Crippen LogP contribution in [0.5, 0.6) is 0 Å². The van der Waals surface area contributed by atoms with Gasteiger partial charge < -0.3 is 15.6 Å². The van der Waals surface area contributed by atoms with E-state index in [1.165, 1.54) is 18.3 Å². The summed E-state index contributed by atoms with van der Waals surface area (Å²) >= 11 is 0. The summed E-state index contributed by atoms with van der Waals surface area (Å²) < 4.78 is 55.3. The summed E-state index contributed by atoms with van der Waals surface area (Å²) in [7, 11) is 0. The van der Waals surface area contributed by atoms with Crippen molar-refractivity contribution >= 4 is 17.1 Å². The molecule has 4 fully saturated rings. The second-order valence-electron chi connectivity index (χ2n) is 10.6. The van der Waals surface area contributed by atoms with E-state index in [9.17, 15) is 27.2 Å². The zero-order valence-corrected chi connectivity index (χ0v) is 20.4. The van der Waals surface area contributed by atoms with Gasteiger partial charge in [0.25, 0.3) is 11.5 Å². The van der Waals surface area contributed by atoms with Gasteiger partial charge in [-0.3, -0.25) is 14.5 Å². The van der Waals surface area contributed by atoms with Crippen LogP contribution >= 0.6 is 0 Å². The molecule has 13 heteroatoms. The number of alkyl halides is 3. The Balaban J connectivity index is 1.12. The highest BCUT2D eigenvalue weighted by Gasteiger charge is 2.48. The van der Waals surface area contributed by atoms with Gasteiger partial charge in [0.1, 0.15) is 17.0 Å². The molecule has 1 saturated heterocycles. The van der Waals surface area contributed by atoms with E-state index in [2.05, 4.69) is 20.0 Å². The number of fused-ring (bicyclic) bond motifs is 3. The summed E-state index contributed by atoms with van der Waals surface area (Å²) in [5, 5.41) is 4.39. The average molecular weight is 534 g/mol. The van der Waals surface area contributed by atoms with Gasteiger partial charge >= 0.3 is 6.18 Å². The molecule has 3 saturated carbocycles. The van der Waals surface area contributed by atoms with Crippen LogP contribution in [0, 0.1) is 23.7 Å². The third-order valence-corrected chi connectivity index (χ3v) is 8.49. The van der Waals surface area contributed by atoms with Crippen molar-refractivity contribution < 1.29 is 22.4 Å². The highest BCUT2D eigenvalue weighted by Crippen LogP contribution is 2.55. The molecule has 1 amide bonds. The Morgan fingerprint density at radius 2 is 1.82 bits per heavy atom. The van der Waals surface area contributed by atoms with E-state index < -0.39 is 34.7 Å². The number of piperazine rings is 1. The van der Waals surface area contributed by atoms with Crippen LogP contribution in [0.15, 0.2) is 29.2 Å². The maximum absolute atomic E-state index is 14.4. The van der Waals surface area contributed by atoms with Crippen LogP contribution < -0.4 is 16.2 Å². The monoisotopic (exact) mass is 533 g/mol. The second kappa shape index (κ2) is 9.07. The van der Waals surface area contributed by atoms with Crippen LogP contribution in [0.25, 0.3) is 5.52 Å². The fourth-order valence-corrected chi connectivity index (χ4v) is 6.44. The van der Waals surface area contributed by atoms with E-state index in [1.54, 1.807) is 0 Å². The van der Waals surface area contributed by atoms with Gasteiger partial charge in [0, 0.05) is 44.8 Å². The van der Waals surface area contributed by atoms with E-state index >= 15 is 0 Å². The van der Waals surface area contributed by atoms with Crippen molar-refractivity contribution in [1.29, 1.82) is 0 Å². The lowest BCUT2D eigenvalue weighted by molar-refractivity contribution is -0.136. The van der Waals surface area contributed by atoms with Crippen molar-refractivity contribution in [2.75, 3.05) is 37.6 Å². The minimum absolute atomic E-state index is 0.0101. The van der Waals surface area contributed by atoms with Crippen molar-refractivity contribution in [3.63, 3.8) is 0 Å². The van der Waals surface area contributed by atoms with Gasteiger partial charge in [-0.15, -0.1) is 0 Å². The van der Waals surface area contributed by atoms with Gasteiger partial charge in [-0.2, -0.15) is 22.7 Å². The maximum Gasteiger partial charge on any atom is 0.418 e. The number of anilines is 1. The standard InChI is InChI=1S/C25H27F4N7O2/c26-21-19(2-1-18(31-21)22(30)37)35-7-5-34(6-8-35)12-15-11-16(14-9-13(15)10-14)23-32-24(38)20-17(25(27,28)29)3-4-36(20)33-23/h1-4,13-16H,5-12H2,(H2,30,37)(H,32,33,38)/t13?,14?,15-,16-/m1/s1. The van der Waals surface area contributed by atoms with E-state index in [-0.39, 0.29) is 11.6 Å². The van der Waals surface area contributed by atoms with Crippen LogP contribution in [0.1, 0.15) is 47.1 Å². The predicted octanol–water partition coefficient (Wildman–Crippen LogP) is 2.63. The van der Waals surface area contributed by atoms with Crippen LogP contribution in [0.3, 0.4) is 0 Å². The van der Waals surface area contributed by atoms with E-state index in [1.807, 2.05) is 4.90 Å². The number of carbonyl (C=O) groups excluding carboxylic acids is 1. The SMILES string of the molecule is NC(=O)c1ccc(N2CCN(C[C@H]3C[C@@H](c4nn5ccc(C(F)(F)F)c5c(=O)[nH]4)C4CC3C4)CC2)c(F)n1. The first-order valence-electron chi connectivity index (χ1n) is 12.7. The first kappa shape index (κ1) is 24.8. The van der Waals surface area contributed by atoms with Gasteiger partial charge in [-0.1, -0.05) is 0 Å². The fraction of sp³-hybridized carbons (Fsp3) is 0.520. The number of hydrogen-bond acceptors (Lipinski definition) is 6. The van der Waals surface area contributed by atoms with Crippen LogP contribution in [-0.2, 0) is 6.18 Å². The molecule has 7 rings (SSSR count). The zero-order chi connectivity index (χ0) is 26.8. The number of rotatable bonds is 5. The van der Waals surface area contributed by atoms with E-state index in [4.69, 9.17) is 5.73 Å². The Bertz CT molecular complexity index is 1440. The first-order valence-corrected chi connectivity index (χ1v) is 12.7. The largest absolute Gasteiger partial charge is 0.418 e. The smallest absolute Gasteiger partial charge is 0.365 e. The molecule has 0 radical (unpaired) electrons. The molecule has 0 aromatic carbocycles. The van der Waals surface area contributed by atoms with Gasteiger partial charge in [-0.05, 0) is 55.2 Å². The number of aromatic nitrogens is 4. The first-order chi connectivity index (χ1) is 18.1. The van der Waals surface area contributed by atoms with Crippen LogP contribution in [0.4, 0.5) is 23.2 Å². The zero-order valence-electron chi connectivity index (χ0n) is 20.4. The lowest BCUT2D eigenvalue weighted by Gasteiger charge is -2.52. The summed E-state index contributed by atoms with van der Waals surface area (Å²) in [6.07, 6.45) is -0.592. The summed E-state index contributed by atoms with van der Waals surface area (Å²) in [5.41, 5.74) is 3.18. The predicted molar refractivity (Wildman–Crippen MR) is 129 cm³/mol.